The molecule has 2 aromatic heterocycles. The first-order valence-corrected chi connectivity index (χ1v) is 8.94. The highest BCUT2D eigenvalue weighted by molar-refractivity contribution is 6.33. The zero-order valence-electron chi connectivity index (χ0n) is 14.5. The number of aromatic nitrogens is 3. The van der Waals surface area contributed by atoms with Crippen molar-refractivity contribution in [2.45, 2.75) is 32.7 Å². The van der Waals surface area contributed by atoms with Crippen molar-refractivity contribution >= 4 is 23.2 Å². The van der Waals surface area contributed by atoms with E-state index >= 15 is 0 Å². The Morgan fingerprint density at radius 1 is 1.35 bits per heavy atom. The summed E-state index contributed by atoms with van der Waals surface area (Å²) in [5.41, 5.74) is 2.84. The van der Waals surface area contributed by atoms with Gasteiger partial charge in [0.2, 0.25) is 0 Å². The van der Waals surface area contributed by atoms with E-state index in [0.717, 1.165) is 24.1 Å². The molecule has 1 aromatic carbocycles. The Hall–Kier alpha value is -2.47. The quantitative estimate of drug-likeness (QED) is 0.752. The molecule has 0 aliphatic heterocycles. The highest BCUT2D eigenvalue weighted by Gasteiger charge is 2.31. The average molecular weight is 373 g/mol. The van der Waals surface area contributed by atoms with Gasteiger partial charge in [0.05, 0.1) is 5.69 Å². The summed E-state index contributed by atoms with van der Waals surface area (Å²) in [4.78, 5) is 17.3. The summed E-state index contributed by atoms with van der Waals surface area (Å²) in [7, 11) is 0. The van der Waals surface area contributed by atoms with Gasteiger partial charge in [-0.3, -0.25) is 4.79 Å². The topological polar surface area (TPSA) is 59.3 Å². The molecule has 1 aliphatic carbocycles. The van der Waals surface area contributed by atoms with Crippen molar-refractivity contribution in [1.29, 1.82) is 0 Å². The lowest BCUT2D eigenvalue weighted by atomic mass is 10.1. The lowest BCUT2D eigenvalue weighted by molar-refractivity contribution is 0.0937. The number of nitrogens with one attached hydrogen (secondary N) is 1. The number of rotatable bonds is 4. The van der Waals surface area contributed by atoms with Crippen LogP contribution in [0, 0.1) is 18.7 Å². The van der Waals surface area contributed by atoms with E-state index in [2.05, 4.69) is 15.4 Å². The maximum absolute atomic E-state index is 13.2. The summed E-state index contributed by atoms with van der Waals surface area (Å²) in [6, 6.07) is 7.99. The van der Waals surface area contributed by atoms with E-state index in [1.54, 1.807) is 16.6 Å². The first kappa shape index (κ1) is 17.0. The van der Waals surface area contributed by atoms with Crippen LogP contribution < -0.4 is 5.32 Å². The van der Waals surface area contributed by atoms with Gasteiger partial charge < -0.3 is 5.32 Å². The number of halogens is 2. The molecule has 1 unspecified atom stereocenters. The minimum Gasteiger partial charge on any atom is -0.349 e. The van der Waals surface area contributed by atoms with Gasteiger partial charge in [-0.05, 0) is 62.9 Å². The molecule has 1 saturated carbocycles. The molecule has 1 amide bonds. The molecular formula is C19H18ClFN4O. The predicted octanol–water partition coefficient (Wildman–Crippen LogP) is 4.03. The first-order chi connectivity index (χ1) is 12.4. The van der Waals surface area contributed by atoms with Crippen LogP contribution in [0.1, 0.15) is 35.8 Å². The molecule has 5 nitrogen and oxygen atoms in total. The Labute approximate surface area is 155 Å². The van der Waals surface area contributed by atoms with Gasteiger partial charge in [0.15, 0.2) is 10.8 Å². The minimum absolute atomic E-state index is 0.0925. The highest BCUT2D eigenvalue weighted by Crippen LogP contribution is 2.33. The smallest absolute Gasteiger partial charge is 0.258 e. The van der Waals surface area contributed by atoms with E-state index in [0.29, 0.717) is 17.3 Å². The molecule has 7 heteroatoms. The standard InChI is InChI=1S/C19H18ClFN4O/c1-10-9-15(13-5-7-14(21)8-6-13)23-18-16(17(20)24-25(10)18)19(26)22-11(2)12-3-4-12/h5-9,11-12H,3-4H2,1-2H3,(H,22,26). The summed E-state index contributed by atoms with van der Waals surface area (Å²) in [6.45, 7) is 3.86. The summed E-state index contributed by atoms with van der Waals surface area (Å²) in [5, 5.41) is 7.37. The summed E-state index contributed by atoms with van der Waals surface area (Å²) >= 11 is 6.25. The van der Waals surface area contributed by atoms with Gasteiger partial charge in [-0.15, -0.1) is 0 Å². The van der Waals surface area contributed by atoms with Gasteiger partial charge in [-0.1, -0.05) is 11.6 Å². The second-order valence-corrected chi connectivity index (χ2v) is 7.15. The second-order valence-electron chi connectivity index (χ2n) is 6.79. The van der Waals surface area contributed by atoms with E-state index in [-0.39, 0.29) is 28.5 Å². The number of carbonyl (C=O) groups is 1. The van der Waals surface area contributed by atoms with Gasteiger partial charge in [0.1, 0.15) is 11.4 Å². The molecule has 1 N–H and O–H groups in total. The molecule has 1 aliphatic rings. The fraction of sp³-hybridized carbons (Fsp3) is 0.316. The summed E-state index contributed by atoms with van der Waals surface area (Å²) < 4.78 is 14.8. The third-order valence-electron chi connectivity index (χ3n) is 4.78. The maximum atomic E-state index is 13.2. The van der Waals surface area contributed by atoms with E-state index in [9.17, 15) is 9.18 Å². The third-order valence-corrected chi connectivity index (χ3v) is 5.04. The lowest BCUT2D eigenvalue weighted by Crippen LogP contribution is -2.34. The van der Waals surface area contributed by atoms with Gasteiger partial charge in [0.25, 0.3) is 5.91 Å². The molecule has 134 valence electrons. The Morgan fingerprint density at radius 2 is 2.04 bits per heavy atom. The molecule has 4 rings (SSSR count). The van der Waals surface area contributed by atoms with Gasteiger partial charge in [-0.2, -0.15) is 5.10 Å². The molecule has 2 heterocycles. The second kappa shape index (κ2) is 6.36. The van der Waals surface area contributed by atoms with Gasteiger partial charge in [0, 0.05) is 17.3 Å². The Morgan fingerprint density at radius 3 is 2.69 bits per heavy atom. The van der Waals surface area contributed by atoms with Crippen LogP contribution in [-0.4, -0.2) is 26.5 Å². The summed E-state index contributed by atoms with van der Waals surface area (Å²) in [6.07, 6.45) is 2.27. The van der Waals surface area contributed by atoms with Crippen LogP contribution >= 0.6 is 11.6 Å². The fourth-order valence-electron chi connectivity index (χ4n) is 3.09. The molecular weight excluding hydrogens is 355 g/mol. The zero-order chi connectivity index (χ0) is 18.4. The van der Waals surface area contributed by atoms with Crippen LogP contribution in [0.25, 0.3) is 16.9 Å². The maximum Gasteiger partial charge on any atom is 0.258 e. The van der Waals surface area contributed by atoms with Crippen molar-refractivity contribution in [3.05, 3.63) is 52.6 Å². The number of nitrogens with zero attached hydrogens (tertiary/aromatic N) is 3. The molecule has 0 radical (unpaired) electrons. The van der Waals surface area contributed by atoms with Crippen molar-refractivity contribution in [2.24, 2.45) is 5.92 Å². The molecule has 0 spiro atoms. The van der Waals surface area contributed by atoms with Crippen molar-refractivity contribution < 1.29 is 9.18 Å². The minimum atomic E-state index is -0.312. The van der Waals surface area contributed by atoms with E-state index in [4.69, 9.17) is 11.6 Å². The number of fused-ring (bicyclic) bond motifs is 1. The van der Waals surface area contributed by atoms with E-state index < -0.39 is 0 Å². The third kappa shape index (κ3) is 3.05. The van der Waals surface area contributed by atoms with Gasteiger partial charge >= 0.3 is 0 Å². The van der Waals surface area contributed by atoms with E-state index in [1.807, 2.05) is 19.9 Å². The molecule has 1 atom stereocenters. The molecule has 3 aromatic rings. The summed E-state index contributed by atoms with van der Waals surface area (Å²) in [5.74, 6) is -0.0512. The average Bonchev–Trinajstić information content (AvgIpc) is 3.38. The normalized spacial score (nSPS) is 15.2. The van der Waals surface area contributed by atoms with E-state index in [1.165, 1.54) is 12.1 Å². The van der Waals surface area contributed by atoms with Crippen molar-refractivity contribution in [2.75, 3.05) is 0 Å². The van der Waals surface area contributed by atoms with Crippen LogP contribution in [0.5, 0.6) is 0 Å². The van der Waals surface area contributed by atoms with Gasteiger partial charge in [-0.25, -0.2) is 13.9 Å². The van der Waals surface area contributed by atoms with Crippen LogP contribution in [-0.2, 0) is 0 Å². The number of benzene rings is 1. The van der Waals surface area contributed by atoms with Crippen LogP contribution in [0.15, 0.2) is 30.3 Å². The number of hydrogen-bond acceptors (Lipinski definition) is 3. The fourth-order valence-corrected chi connectivity index (χ4v) is 3.34. The van der Waals surface area contributed by atoms with Crippen molar-refractivity contribution in [3.8, 4) is 11.3 Å². The number of aryl methyl sites for hydroxylation is 1. The molecule has 0 saturated heterocycles. The monoisotopic (exact) mass is 372 g/mol. The van der Waals surface area contributed by atoms with Crippen LogP contribution in [0.4, 0.5) is 4.39 Å². The molecule has 0 bridgehead atoms. The number of carbonyl (C=O) groups excluding carboxylic acids is 1. The Bertz CT molecular complexity index is 995. The highest BCUT2D eigenvalue weighted by atomic mass is 35.5. The van der Waals surface area contributed by atoms with Crippen LogP contribution in [0.2, 0.25) is 5.15 Å². The lowest BCUT2D eigenvalue weighted by Gasteiger charge is -2.12. The van der Waals surface area contributed by atoms with Crippen LogP contribution in [0.3, 0.4) is 0 Å². The molecule has 26 heavy (non-hydrogen) atoms. The SMILES string of the molecule is Cc1cc(-c2ccc(F)cc2)nc2c(C(=O)NC(C)C3CC3)c(Cl)nn12. The Balaban J connectivity index is 1.78. The zero-order valence-corrected chi connectivity index (χ0v) is 15.2. The largest absolute Gasteiger partial charge is 0.349 e. The van der Waals surface area contributed by atoms with Crippen molar-refractivity contribution in [3.63, 3.8) is 0 Å². The predicted molar refractivity (Wildman–Crippen MR) is 97.8 cm³/mol. The number of amides is 1. The molecule has 1 fully saturated rings. The number of hydrogen-bond donors (Lipinski definition) is 1. The Kier molecular flexibility index (Phi) is 4.15. The first-order valence-electron chi connectivity index (χ1n) is 8.56. The van der Waals surface area contributed by atoms with Crippen molar-refractivity contribution in [1.82, 2.24) is 19.9 Å².